The third kappa shape index (κ3) is 6.73. The first-order valence-electron chi connectivity index (χ1n) is 14.9. The van der Waals surface area contributed by atoms with Crippen molar-refractivity contribution < 1.29 is 23.8 Å². The fourth-order valence-corrected chi connectivity index (χ4v) is 6.35. The maximum Gasteiger partial charge on any atom is 0.241 e. The summed E-state index contributed by atoms with van der Waals surface area (Å²) in [7, 11) is 0. The molecule has 1 unspecified atom stereocenters. The highest BCUT2D eigenvalue weighted by molar-refractivity contribution is 5.97. The number of rotatable bonds is 8. The van der Waals surface area contributed by atoms with Gasteiger partial charge >= 0.3 is 0 Å². The number of fused-ring (bicyclic) bond motifs is 1. The first-order valence-corrected chi connectivity index (χ1v) is 14.9. The summed E-state index contributed by atoms with van der Waals surface area (Å²) in [5, 5.41) is 13.7. The number of nitrogens with zero attached hydrogens (tertiary/aromatic N) is 4. The SMILES string of the molecule is CC[C@@H]1COC[C@@H](C)N1C[C@H]1CN[C@H](C)CN1CC(=O)N1c2cc(Cc3ccc(F)cc3)c(CO)nc2OCC1C. The second-order valence-corrected chi connectivity index (χ2v) is 11.8. The Morgan fingerprint density at radius 2 is 1.90 bits per heavy atom. The smallest absolute Gasteiger partial charge is 0.241 e. The summed E-state index contributed by atoms with van der Waals surface area (Å²) < 4.78 is 25.2. The van der Waals surface area contributed by atoms with Crippen LogP contribution in [0, 0.1) is 5.82 Å². The highest BCUT2D eigenvalue weighted by atomic mass is 19.1. The number of aliphatic hydroxyl groups is 1. The lowest BCUT2D eigenvalue weighted by molar-refractivity contribution is -0.122. The number of aromatic nitrogens is 1. The number of amides is 1. The largest absolute Gasteiger partial charge is 0.474 e. The van der Waals surface area contributed by atoms with Crippen LogP contribution in [0.3, 0.4) is 0 Å². The van der Waals surface area contributed by atoms with Gasteiger partial charge in [0.05, 0.1) is 38.1 Å². The van der Waals surface area contributed by atoms with E-state index in [9.17, 15) is 14.3 Å². The van der Waals surface area contributed by atoms with Crippen molar-refractivity contribution in [1.82, 2.24) is 20.1 Å². The van der Waals surface area contributed by atoms with Gasteiger partial charge in [0.15, 0.2) is 0 Å². The third-order valence-corrected chi connectivity index (χ3v) is 8.69. The van der Waals surface area contributed by atoms with Crippen molar-refractivity contribution in [3.05, 3.63) is 53.0 Å². The maximum absolute atomic E-state index is 14.1. The number of carbonyl (C=O) groups is 1. The fourth-order valence-electron chi connectivity index (χ4n) is 6.35. The molecule has 0 saturated carbocycles. The quantitative estimate of drug-likeness (QED) is 0.502. The molecule has 10 heteroatoms. The highest BCUT2D eigenvalue weighted by Gasteiger charge is 2.37. The number of carbonyl (C=O) groups excluding carboxylic acids is 1. The van der Waals surface area contributed by atoms with E-state index in [4.69, 9.17) is 9.47 Å². The number of anilines is 1. The molecule has 0 spiro atoms. The van der Waals surface area contributed by atoms with Gasteiger partial charge in [0, 0.05) is 43.8 Å². The minimum absolute atomic E-state index is 0.00879. The number of piperazine rings is 1. The normalized spacial score (nSPS) is 27.4. The van der Waals surface area contributed by atoms with Crippen LogP contribution in [-0.2, 0) is 22.6 Å². The van der Waals surface area contributed by atoms with E-state index in [1.807, 2.05) is 17.9 Å². The predicted octanol–water partition coefficient (Wildman–Crippen LogP) is 2.58. The van der Waals surface area contributed by atoms with Gasteiger partial charge in [-0.15, -0.1) is 0 Å². The molecule has 0 bridgehead atoms. The Kier molecular flexibility index (Phi) is 9.56. The average Bonchev–Trinajstić information content (AvgIpc) is 2.96. The molecule has 0 radical (unpaired) electrons. The average molecular weight is 570 g/mol. The maximum atomic E-state index is 14.1. The zero-order valence-corrected chi connectivity index (χ0v) is 24.7. The minimum Gasteiger partial charge on any atom is -0.474 e. The van der Waals surface area contributed by atoms with Crippen molar-refractivity contribution in [2.24, 2.45) is 0 Å². The summed E-state index contributed by atoms with van der Waals surface area (Å²) >= 11 is 0. The van der Waals surface area contributed by atoms with Crippen LogP contribution >= 0.6 is 0 Å². The van der Waals surface area contributed by atoms with Crippen LogP contribution in [0.15, 0.2) is 30.3 Å². The lowest BCUT2D eigenvalue weighted by atomic mass is 10.0. The molecule has 2 aromatic rings. The van der Waals surface area contributed by atoms with Crippen molar-refractivity contribution in [1.29, 1.82) is 0 Å². The molecule has 2 N–H and O–H groups in total. The Hall–Kier alpha value is -2.63. The molecule has 4 heterocycles. The molecule has 3 aliphatic rings. The first-order chi connectivity index (χ1) is 19.8. The molecule has 41 heavy (non-hydrogen) atoms. The summed E-state index contributed by atoms with van der Waals surface area (Å²) in [6, 6.07) is 9.24. The van der Waals surface area contributed by atoms with Crippen molar-refractivity contribution in [3.63, 3.8) is 0 Å². The standard InChI is InChI=1S/C31H44FN5O4/c1-5-26-19-40-17-21(3)36(26)14-27-12-33-20(2)13-35(27)15-30(39)37-22(4)18-41-31-29(37)11-24(28(16-38)34-31)10-23-6-8-25(32)9-7-23/h6-9,11,20-22,26-27,33,38H,5,10,12-19H2,1-4H3/t20-,21-,22?,26-,27-/m1/s1. The molecule has 1 aromatic heterocycles. The van der Waals surface area contributed by atoms with E-state index in [2.05, 4.69) is 40.9 Å². The van der Waals surface area contributed by atoms with Gasteiger partial charge in [0.1, 0.15) is 18.1 Å². The number of benzene rings is 1. The molecule has 3 aliphatic heterocycles. The number of ether oxygens (including phenoxy) is 2. The molecular weight excluding hydrogens is 525 g/mol. The second kappa shape index (κ2) is 13.1. The topological polar surface area (TPSA) is 90.4 Å². The van der Waals surface area contributed by atoms with E-state index in [1.165, 1.54) is 12.1 Å². The van der Waals surface area contributed by atoms with Crippen molar-refractivity contribution in [2.45, 2.75) is 77.4 Å². The van der Waals surface area contributed by atoms with Crippen LogP contribution in [0.25, 0.3) is 0 Å². The number of pyridine rings is 1. The summed E-state index contributed by atoms with van der Waals surface area (Å²) in [5.74, 6) is 0.0727. The third-order valence-electron chi connectivity index (χ3n) is 8.69. The van der Waals surface area contributed by atoms with Crippen molar-refractivity contribution in [3.8, 4) is 5.88 Å². The molecule has 1 aromatic carbocycles. The summed E-state index contributed by atoms with van der Waals surface area (Å²) in [6.07, 6.45) is 1.49. The Balaban J connectivity index is 1.38. The Bertz CT molecular complexity index is 1200. The van der Waals surface area contributed by atoms with Gasteiger partial charge < -0.3 is 24.8 Å². The fraction of sp³-hybridized carbons (Fsp3) is 0.613. The van der Waals surface area contributed by atoms with Gasteiger partial charge in [-0.25, -0.2) is 9.37 Å². The van der Waals surface area contributed by atoms with Gasteiger partial charge in [-0.2, -0.15) is 0 Å². The number of aliphatic hydroxyl groups excluding tert-OH is 1. The summed E-state index contributed by atoms with van der Waals surface area (Å²) in [5.41, 5.74) is 2.80. The Morgan fingerprint density at radius 3 is 2.63 bits per heavy atom. The van der Waals surface area contributed by atoms with Gasteiger partial charge in [0.2, 0.25) is 11.8 Å². The monoisotopic (exact) mass is 569 g/mol. The number of hydrogen-bond donors (Lipinski definition) is 2. The summed E-state index contributed by atoms with van der Waals surface area (Å²) in [4.78, 5) is 25.4. The van der Waals surface area contributed by atoms with Gasteiger partial charge in [-0.3, -0.25) is 14.6 Å². The molecule has 0 aliphatic carbocycles. The van der Waals surface area contributed by atoms with E-state index in [0.29, 0.717) is 48.9 Å². The Labute approximate surface area is 242 Å². The summed E-state index contributed by atoms with van der Waals surface area (Å²) in [6.45, 7) is 12.9. The number of hydrogen-bond acceptors (Lipinski definition) is 8. The molecule has 9 nitrogen and oxygen atoms in total. The van der Waals surface area contributed by atoms with Crippen LogP contribution in [0.2, 0.25) is 0 Å². The van der Waals surface area contributed by atoms with Crippen LogP contribution in [0.1, 0.15) is 50.9 Å². The lowest BCUT2D eigenvalue weighted by Crippen LogP contribution is -2.63. The van der Waals surface area contributed by atoms with E-state index < -0.39 is 0 Å². The molecular formula is C31H44FN5O4. The van der Waals surface area contributed by atoms with Gasteiger partial charge in [-0.05, 0) is 62.9 Å². The highest BCUT2D eigenvalue weighted by Crippen LogP contribution is 2.35. The van der Waals surface area contributed by atoms with Gasteiger partial charge in [-0.1, -0.05) is 19.1 Å². The zero-order chi connectivity index (χ0) is 29.1. The van der Waals surface area contributed by atoms with Crippen LogP contribution in [-0.4, -0.2) is 102 Å². The lowest BCUT2D eigenvalue weighted by Gasteiger charge is -2.47. The molecule has 2 saturated heterocycles. The van der Waals surface area contributed by atoms with Crippen molar-refractivity contribution >= 4 is 11.6 Å². The van der Waals surface area contributed by atoms with E-state index in [-0.39, 0.29) is 36.5 Å². The minimum atomic E-state index is -0.299. The molecule has 5 atom stereocenters. The van der Waals surface area contributed by atoms with Crippen LogP contribution < -0.4 is 15.0 Å². The molecule has 5 rings (SSSR count). The zero-order valence-electron chi connectivity index (χ0n) is 24.7. The van der Waals surface area contributed by atoms with Crippen LogP contribution in [0.4, 0.5) is 10.1 Å². The molecule has 2 fully saturated rings. The van der Waals surface area contributed by atoms with E-state index in [1.54, 1.807) is 12.1 Å². The predicted molar refractivity (Wildman–Crippen MR) is 156 cm³/mol. The van der Waals surface area contributed by atoms with Crippen LogP contribution in [0.5, 0.6) is 5.88 Å². The Morgan fingerprint density at radius 1 is 1.12 bits per heavy atom. The number of morpholine rings is 1. The molecule has 1 amide bonds. The van der Waals surface area contributed by atoms with Crippen molar-refractivity contribution in [2.75, 3.05) is 50.9 Å². The second-order valence-electron chi connectivity index (χ2n) is 11.8. The molecule has 224 valence electrons. The number of nitrogens with one attached hydrogen (secondary N) is 1. The van der Waals surface area contributed by atoms with E-state index >= 15 is 0 Å². The van der Waals surface area contributed by atoms with E-state index in [0.717, 1.165) is 50.4 Å². The first kappa shape index (κ1) is 29.8. The number of halogens is 1. The van der Waals surface area contributed by atoms with Gasteiger partial charge in [0.25, 0.3) is 0 Å².